The molecule has 2 amide bonds. The van der Waals surface area contributed by atoms with Crippen LogP contribution >= 0.6 is 0 Å². The molecule has 0 radical (unpaired) electrons. The van der Waals surface area contributed by atoms with Gasteiger partial charge >= 0.3 is 6.09 Å². The van der Waals surface area contributed by atoms with Gasteiger partial charge < -0.3 is 15.4 Å². The van der Waals surface area contributed by atoms with Crippen molar-refractivity contribution in [2.24, 2.45) is 5.41 Å². The molecule has 2 aromatic heterocycles. The molecular formula is C21H32N6O4. The molecular weight excluding hydrogens is 400 g/mol. The summed E-state index contributed by atoms with van der Waals surface area (Å²) in [5.41, 5.74) is 0.642. The smallest absolute Gasteiger partial charge is 0.408 e. The minimum absolute atomic E-state index is 0.303. The van der Waals surface area contributed by atoms with E-state index >= 15 is 0 Å². The highest BCUT2D eigenvalue weighted by atomic mass is 16.6. The molecule has 0 saturated heterocycles. The largest absolute Gasteiger partial charge is 0.444 e. The van der Waals surface area contributed by atoms with Crippen LogP contribution in [0.5, 0.6) is 0 Å². The Balaban J connectivity index is 2.04. The number of amides is 2. The average Bonchev–Trinajstić information content (AvgIpc) is 3.34. The quantitative estimate of drug-likeness (QED) is 0.495. The summed E-state index contributed by atoms with van der Waals surface area (Å²) in [6, 6.07) is 0.543. The highest BCUT2D eigenvalue weighted by Crippen LogP contribution is 2.24. The predicted octanol–water partition coefficient (Wildman–Crippen LogP) is 2.82. The Labute approximate surface area is 182 Å². The summed E-state index contributed by atoms with van der Waals surface area (Å²) >= 11 is 0. The Morgan fingerprint density at radius 2 is 2.03 bits per heavy atom. The summed E-state index contributed by atoms with van der Waals surface area (Å²) < 4.78 is 7.38. The van der Waals surface area contributed by atoms with E-state index in [0.29, 0.717) is 25.2 Å². The second kappa shape index (κ2) is 10.7. The molecule has 2 aromatic rings. The lowest BCUT2D eigenvalue weighted by molar-refractivity contribution is -0.136. The molecule has 0 aliphatic carbocycles. The number of aromatic nitrogens is 4. The van der Waals surface area contributed by atoms with Gasteiger partial charge in [-0.05, 0) is 18.9 Å². The van der Waals surface area contributed by atoms with Crippen molar-refractivity contribution < 1.29 is 19.1 Å². The van der Waals surface area contributed by atoms with Crippen molar-refractivity contribution in [1.82, 2.24) is 25.3 Å². The minimum atomic E-state index is -0.983. The lowest BCUT2D eigenvalue weighted by atomic mass is 9.89. The Kier molecular flexibility index (Phi) is 8.35. The normalized spacial score (nSPS) is 13.3. The number of nitrogens with one attached hydrogen (secondary N) is 3. The van der Waals surface area contributed by atoms with Crippen molar-refractivity contribution in [3.05, 3.63) is 30.2 Å². The first-order valence-corrected chi connectivity index (χ1v) is 10.4. The summed E-state index contributed by atoms with van der Waals surface area (Å²) in [4.78, 5) is 37.6. The van der Waals surface area contributed by atoms with Gasteiger partial charge in [0.25, 0.3) is 5.91 Å². The topological polar surface area (TPSA) is 131 Å². The summed E-state index contributed by atoms with van der Waals surface area (Å²) in [5.74, 6) is -1.27. The number of carbonyl (C=O) groups excluding carboxylic acids is 3. The first-order valence-electron chi connectivity index (χ1n) is 10.4. The highest BCUT2D eigenvalue weighted by molar-refractivity contribution is 6.42. The van der Waals surface area contributed by atoms with E-state index in [1.54, 1.807) is 10.9 Å². The number of hydrogen-bond donors (Lipinski definition) is 3. The van der Waals surface area contributed by atoms with Gasteiger partial charge in [-0.3, -0.25) is 19.4 Å². The molecule has 31 heavy (non-hydrogen) atoms. The number of rotatable bonds is 10. The first-order chi connectivity index (χ1) is 14.6. The molecule has 0 saturated carbocycles. The minimum Gasteiger partial charge on any atom is -0.444 e. The van der Waals surface area contributed by atoms with E-state index in [4.69, 9.17) is 4.74 Å². The third-order valence-electron chi connectivity index (χ3n) is 4.76. The van der Waals surface area contributed by atoms with Crippen LogP contribution in [-0.4, -0.2) is 49.9 Å². The van der Waals surface area contributed by atoms with E-state index in [0.717, 1.165) is 12.0 Å². The van der Waals surface area contributed by atoms with Gasteiger partial charge in [0.2, 0.25) is 5.78 Å². The van der Waals surface area contributed by atoms with Gasteiger partial charge in [-0.25, -0.2) is 4.79 Å². The number of Topliss-reactive ketones (excluding diaryl/α,β-unsaturated/α-hetero) is 1. The van der Waals surface area contributed by atoms with Crippen LogP contribution in [0, 0.1) is 12.3 Å². The number of anilines is 1. The molecule has 3 N–H and O–H groups in total. The molecule has 10 heteroatoms. The number of carbonyl (C=O) groups is 3. The average molecular weight is 433 g/mol. The standard InChI is InChI=1S/C21H32N6O4/c1-6-7-8-15(18(28)19(29)25-17-9-10-22-26-17)24-20(30)31-16(21(3,4)5)13-27-12-14(2)11-23-27/h9-12,15-16H,6-8,13H2,1-5H3,(H,24,30)(H2,22,25,26,29)/t15-,16+/m0/s1. The molecule has 0 spiro atoms. The van der Waals surface area contributed by atoms with Gasteiger partial charge in [-0.15, -0.1) is 0 Å². The molecule has 170 valence electrons. The van der Waals surface area contributed by atoms with Gasteiger partial charge in [-0.2, -0.15) is 10.2 Å². The van der Waals surface area contributed by atoms with Crippen LogP contribution in [0.2, 0.25) is 0 Å². The van der Waals surface area contributed by atoms with Crippen LogP contribution in [0.1, 0.15) is 52.5 Å². The second-order valence-corrected chi connectivity index (χ2v) is 8.63. The molecule has 10 nitrogen and oxygen atoms in total. The van der Waals surface area contributed by atoms with Crippen molar-refractivity contribution in [2.75, 3.05) is 5.32 Å². The molecule has 2 rings (SSSR count). The Morgan fingerprint density at radius 3 is 2.58 bits per heavy atom. The van der Waals surface area contributed by atoms with Crippen molar-refractivity contribution in [3.8, 4) is 0 Å². The van der Waals surface area contributed by atoms with E-state index in [1.807, 2.05) is 40.8 Å². The number of unbranched alkanes of at least 4 members (excludes halogenated alkanes) is 1. The van der Waals surface area contributed by atoms with Crippen molar-refractivity contribution >= 4 is 23.6 Å². The van der Waals surface area contributed by atoms with E-state index in [2.05, 4.69) is 25.9 Å². The predicted molar refractivity (Wildman–Crippen MR) is 115 cm³/mol. The van der Waals surface area contributed by atoms with E-state index in [-0.39, 0.29) is 5.41 Å². The van der Waals surface area contributed by atoms with Gasteiger partial charge in [-0.1, -0.05) is 40.5 Å². The fourth-order valence-electron chi connectivity index (χ4n) is 2.87. The maximum atomic E-state index is 12.7. The van der Waals surface area contributed by atoms with Gasteiger partial charge in [0.15, 0.2) is 0 Å². The Morgan fingerprint density at radius 1 is 1.29 bits per heavy atom. The second-order valence-electron chi connectivity index (χ2n) is 8.63. The Hall–Kier alpha value is -3.17. The summed E-state index contributed by atoms with van der Waals surface area (Å²) in [6.07, 6.45) is 5.64. The fraction of sp³-hybridized carbons (Fsp3) is 0.571. The molecule has 0 unspecified atom stereocenters. The van der Waals surface area contributed by atoms with E-state index < -0.39 is 29.9 Å². The van der Waals surface area contributed by atoms with E-state index in [9.17, 15) is 14.4 Å². The zero-order valence-corrected chi connectivity index (χ0v) is 18.8. The number of aryl methyl sites for hydroxylation is 1. The van der Waals surface area contributed by atoms with Crippen LogP contribution in [0.25, 0.3) is 0 Å². The molecule has 0 aliphatic rings. The number of alkyl carbamates (subject to hydrolysis) is 1. The lowest BCUT2D eigenvalue weighted by Crippen LogP contribution is -2.48. The molecule has 0 aliphatic heterocycles. The molecule has 2 heterocycles. The number of ketones is 1. The van der Waals surface area contributed by atoms with Crippen molar-refractivity contribution in [3.63, 3.8) is 0 Å². The first kappa shape index (κ1) is 24.1. The van der Waals surface area contributed by atoms with E-state index in [1.165, 1.54) is 12.3 Å². The summed E-state index contributed by atoms with van der Waals surface area (Å²) in [7, 11) is 0. The number of aromatic amines is 1. The van der Waals surface area contributed by atoms with Gasteiger partial charge in [0, 0.05) is 17.7 Å². The van der Waals surface area contributed by atoms with Crippen LogP contribution in [0.3, 0.4) is 0 Å². The molecule has 0 fully saturated rings. The van der Waals surface area contributed by atoms with Crippen LogP contribution in [-0.2, 0) is 20.9 Å². The summed E-state index contributed by atoms with van der Waals surface area (Å²) in [5, 5.41) is 15.6. The number of H-pyrrole nitrogens is 1. The maximum absolute atomic E-state index is 12.7. The monoisotopic (exact) mass is 432 g/mol. The summed E-state index contributed by atoms with van der Waals surface area (Å²) in [6.45, 7) is 10.1. The lowest BCUT2D eigenvalue weighted by Gasteiger charge is -2.30. The molecule has 0 aromatic carbocycles. The van der Waals surface area contributed by atoms with Crippen LogP contribution < -0.4 is 10.6 Å². The highest BCUT2D eigenvalue weighted by Gasteiger charge is 2.32. The number of hydrogen-bond acceptors (Lipinski definition) is 6. The molecule has 0 bridgehead atoms. The zero-order valence-electron chi connectivity index (χ0n) is 18.8. The van der Waals surface area contributed by atoms with Crippen LogP contribution in [0.4, 0.5) is 10.6 Å². The number of ether oxygens (including phenoxy) is 1. The SMILES string of the molecule is CCCC[C@H](NC(=O)O[C@H](Cn1cc(C)cn1)C(C)(C)C)C(=O)C(=O)Nc1ccn[nH]1. The number of nitrogens with zero attached hydrogens (tertiary/aromatic N) is 3. The third-order valence-corrected chi connectivity index (χ3v) is 4.76. The third kappa shape index (κ3) is 7.54. The van der Waals surface area contributed by atoms with Crippen molar-refractivity contribution in [2.45, 2.75) is 72.6 Å². The maximum Gasteiger partial charge on any atom is 0.408 e. The van der Waals surface area contributed by atoms with Crippen molar-refractivity contribution in [1.29, 1.82) is 0 Å². The Bertz CT molecular complexity index is 869. The van der Waals surface area contributed by atoms with Crippen LogP contribution in [0.15, 0.2) is 24.7 Å². The van der Waals surface area contributed by atoms with Gasteiger partial charge in [0.1, 0.15) is 18.0 Å². The fourth-order valence-corrected chi connectivity index (χ4v) is 2.87. The van der Waals surface area contributed by atoms with Gasteiger partial charge in [0.05, 0.1) is 18.9 Å². The molecule has 2 atom stereocenters. The zero-order chi connectivity index (χ0) is 23.0.